The van der Waals surface area contributed by atoms with Crippen LogP contribution in [0.2, 0.25) is 0 Å². The molecule has 1 aliphatic rings. The molecule has 2 rings (SSSR count). The highest BCUT2D eigenvalue weighted by Crippen LogP contribution is 2.29. The number of nitrogens with one attached hydrogen (secondary N) is 1. The van der Waals surface area contributed by atoms with Crippen molar-refractivity contribution in [2.75, 3.05) is 40.0 Å². The summed E-state index contributed by atoms with van der Waals surface area (Å²) in [5, 5.41) is 2.49. The number of methoxy groups -OCH3 is 1. The van der Waals surface area contributed by atoms with E-state index in [2.05, 4.69) is 5.32 Å². The van der Waals surface area contributed by atoms with E-state index in [9.17, 15) is 22.8 Å². The van der Waals surface area contributed by atoms with E-state index in [4.69, 9.17) is 9.47 Å². The van der Waals surface area contributed by atoms with Gasteiger partial charge in [-0.05, 0) is 36.6 Å². The van der Waals surface area contributed by atoms with Crippen LogP contribution in [0.25, 0.3) is 6.08 Å². The third-order valence-corrected chi connectivity index (χ3v) is 4.45. The largest absolute Gasteiger partial charge is 0.416 e. The molecule has 1 aromatic rings. The smallest absolute Gasteiger partial charge is 0.383 e. The van der Waals surface area contributed by atoms with Crippen molar-refractivity contribution in [1.82, 2.24) is 10.2 Å². The number of benzene rings is 1. The van der Waals surface area contributed by atoms with Crippen molar-refractivity contribution < 1.29 is 32.2 Å². The van der Waals surface area contributed by atoms with Gasteiger partial charge in [-0.25, -0.2) is 0 Å². The van der Waals surface area contributed by atoms with Crippen LogP contribution >= 0.6 is 0 Å². The molecule has 1 heterocycles. The van der Waals surface area contributed by atoms with E-state index in [0.29, 0.717) is 31.9 Å². The summed E-state index contributed by atoms with van der Waals surface area (Å²) < 4.78 is 48.2. The van der Waals surface area contributed by atoms with Crippen LogP contribution < -0.4 is 5.32 Å². The Kier molecular flexibility index (Phi) is 8.66. The van der Waals surface area contributed by atoms with Crippen molar-refractivity contribution in [3.05, 3.63) is 41.5 Å². The quantitative estimate of drug-likeness (QED) is 0.631. The highest BCUT2D eigenvalue weighted by molar-refractivity contribution is 5.94. The molecule has 1 aliphatic heterocycles. The first-order valence-electron chi connectivity index (χ1n) is 9.31. The molecule has 1 N–H and O–H groups in total. The molecule has 160 valence electrons. The number of halogens is 3. The third kappa shape index (κ3) is 7.86. The molecular weight excluding hydrogens is 389 g/mol. The van der Waals surface area contributed by atoms with Gasteiger partial charge in [0, 0.05) is 32.9 Å². The van der Waals surface area contributed by atoms with E-state index in [0.717, 1.165) is 25.0 Å². The second-order valence-corrected chi connectivity index (χ2v) is 6.64. The number of nitrogens with zero attached hydrogens (tertiary/aromatic N) is 1. The van der Waals surface area contributed by atoms with Gasteiger partial charge in [0.15, 0.2) is 0 Å². The van der Waals surface area contributed by atoms with E-state index in [1.165, 1.54) is 24.3 Å². The molecule has 1 fully saturated rings. The molecule has 0 spiro atoms. The van der Waals surface area contributed by atoms with Gasteiger partial charge in [-0.3, -0.25) is 9.59 Å². The monoisotopic (exact) mass is 414 g/mol. The molecule has 0 radical (unpaired) electrons. The average molecular weight is 414 g/mol. The summed E-state index contributed by atoms with van der Waals surface area (Å²) in [6.45, 7) is 1.71. The summed E-state index contributed by atoms with van der Waals surface area (Å²) in [7, 11) is 1.54. The Morgan fingerprint density at radius 2 is 2.03 bits per heavy atom. The van der Waals surface area contributed by atoms with Gasteiger partial charge in [-0.2, -0.15) is 13.2 Å². The van der Waals surface area contributed by atoms with Crippen molar-refractivity contribution >= 4 is 17.9 Å². The summed E-state index contributed by atoms with van der Waals surface area (Å²) >= 11 is 0. The summed E-state index contributed by atoms with van der Waals surface area (Å²) in [6, 6.07) is 4.43. The molecule has 0 aliphatic carbocycles. The average Bonchev–Trinajstić information content (AvgIpc) is 3.20. The fourth-order valence-electron chi connectivity index (χ4n) is 2.84. The molecule has 0 saturated carbocycles. The molecule has 29 heavy (non-hydrogen) atoms. The van der Waals surface area contributed by atoms with E-state index in [1.54, 1.807) is 12.0 Å². The Morgan fingerprint density at radius 3 is 2.62 bits per heavy atom. The van der Waals surface area contributed by atoms with Gasteiger partial charge >= 0.3 is 6.18 Å². The van der Waals surface area contributed by atoms with Gasteiger partial charge in [-0.1, -0.05) is 12.1 Å². The topological polar surface area (TPSA) is 67.9 Å². The fourth-order valence-corrected chi connectivity index (χ4v) is 2.84. The summed E-state index contributed by atoms with van der Waals surface area (Å²) in [5.74, 6) is -0.768. The molecule has 9 heteroatoms. The normalized spacial score (nSPS) is 16.9. The molecular formula is C20H25F3N2O4. The van der Waals surface area contributed by atoms with E-state index < -0.39 is 17.6 Å². The van der Waals surface area contributed by atoms with Gasteiger partial charge in [0.2, 0.25) is 11.8 Å². The standard InChI is InChI=1S/C20H25F3N2O4/c1-28-12-10-25(14-17-3-2-11-29-17)19(27)13-24-18(26)9-6-15-4-7-16(8-5-15)20(21,22)23/h4-9,17H,2-3,10-14H2,1H3,(H,24,26)/b9-6+. The second kappa shape index (κ2) is 11.0. The number of carbonyl (C=O) groups excluding carboxylic acids is 2. The number of ether oxygens (including phenoxy) is 2. The van der Waals surface area contributed by atoms with Gasteiger partial charge in [0.05, 0.1) is 24.8 Å². The van der Waals surface area contributed by atoms with Gasteiger partial charge in [-0.15, -0.1) is 0 Å². The molecule has 1 atom stereocenters. The highest BCUT2D eigenvalue weighted by atomic mass is 19.4. The van der Waals surface area contributed by atoms with Crippen molar-refractivity contribution in [2.45, 2.75) is 25.1 Å². The third-order valence-electron chi connectivity index (χ3n) is 4.45. The SMILES string of the molecule is COCCN(CC1CCCO1)C(=O)CNC(=O)/C=C/c1ccc(C(F)(F)F)cc1. The van der Waals surface area contributed by atoms with E-state index in [-0.39, 0.29) is 18.6 Å². The maximum absolute atomic E-state index is 12.5. The van der Waals surface area contributed by atoms with Gasteiger partial charge in [0.25, 0.3) is 0 Å². The fraction of sp³-hybridized carbons (Fsp3) is 0.500. The summed E-state index contributed by atoms with van der Waals surface area (Å²) in [5.41, 5.74) is -0.313. The maximum atomic E-state index is 12.5. The first-order valence-corrected chi connectivity index (χ1v) is 9.31. The molecule has 6 nitrogen and oxygen atoms in total. The predicted octanol–water partition coefficient (Wildman–Crippen LogP) is 2.49. The number of carbonyl (C=O) groups is 2. The predicted molar refractivity (Wildman–Crippen MR) is 101 cm³/mol. The second-order valence-electron chi connectivity index (χ2n) is 6.64. The van der Waals surface area contributed by atoms with Crippen molar-refractivity contribution in [3.63, 3.8) is 0 Å². The number of hydrogen-bond acceptors (Lipinski definition) is 4. The molecule has 1 unspecified atom stereocenters. The van der Waals surface area contributed by atoms with Crippen LogP contribution in [0.3, 0.4) is 0 Å². The molecule has 2 amide bonds. The lowest BCUT2D eigenvalue weighted by atomic mass is 10.1. The maximum Gasteiger partial charge on any atom is 0.416 e. The minimum absolute atomic E-state index is 0.00827. The summed E-state index contributed by atoms with van der Waals surface area (Å²) in [6.07, 6.45) is -0.00417. The number of hydrogen-bond donors (Lipinski definition) is 1. The van der Waals surface area contributed by atoms with Crippen LogP contribution in [-0.2, 0) is 25.2 Å². The first kappa shape index (κ1) is 22.9. The Morgan fingerprint density at radius 1 is 1.31 bits per heavy atom. The first-order chi connectivity index (χ1) is 13.8. The lowest BCUT2D eigenvalue weighted by Gasteiger charge is -2.25. The zero-order chi connectivity index (χ0) is 21.3. The van der Waals surface area contributed by atoms with Gasteiger partial charge in [0.1, 0.15) is 0 Å². The van der Waals surface area contributed by atoms with Crippen LogP contribution in [0, 0.1) is 0 Å². The Bertz CT molecular complexity index is 699. The lowest BCUT2D eigenvalue weighted by molar-refractivity contribution is -0.137. The minimum Gasteiger partial charge on any atom is -0.383 e. The van der Waals surface area contributed by atoms with Crippen molar-refractivity contribution in [2.24, 2.45) is 0 Å². The molecule has 0 bridgehead atoms. The number of amides is 2. The lowest BCUT2D eigenvalue weighted by Crippen LogP contribution is -2.44. The highest BCUT2D eigenvalue weighted by Gasteiger charge is 2.29. The van der Waals surface area contributed by atoms with Crippen LogP contribution in [0.1, 0.15) is 24.0 Å². The van der Waals surface area contributed by atoms with Crippen molar-refractivity contribution in [3.8, 4) is 0 Å². The van der Waals surface area contributed by atoms with Crippen LogP contribution in [0.15, 0.2) is 30.3 Å². The zero-order valence-electron chi connectivity index (χ0n) is 16.2. The Labute approximate surface area is 167 Å². The van der Waals surface area contributed by atoms with Gasteiger partial charge < -0.3 is 19.7 Å². The van der Waals surface area contributed by atoms with Crippen LogP contribution in [-0.4, -0.2) is 62.8 Å². The van der Waals surface area contributed by atoms with E-state index in [1.807, 2.05) is 0 Å². The number of rotatable bonds is 9. The Hall–Kier alpha value is -2.39. The molecule has 1 aromatic carbocycles. The zero-order valence-corrected chi connectivity index (χ0v) is 16.2. The van der Waals surface area contributed by atoms with Crippen molar-refractivity contribution in [1.29, 1.82) is 0 Å². The van der Waals surface area contributed by atoms with E-state index >= 15 is 0 Å². The Balaban J connectivity index is 1.83. The molecule has 1 saturated heterocycles. The minimum atomic E-state index is -4.40. The molecule has 0 aromatic heterocycles. The van der Waals surface area contributed by atoms with Crippen LogP contribution in [0.5, 0.6) is 0 Å². The van der Waals surface area contributed by atoms with Crippen LogP contribution in [0.4, 0.5) is 13.2 Å². The summed E-state index contributed by atoms with van der Waals surface area (Å²) in [4.78, 5) is 25.9. The number of alkyl halides is 3.